The van der Waals surface area contributed by atoms with Crippen LogP contribution in [0.5, 0.6) is 0 Å². The van der Waals surface area contributed by atoms with Crippen LogP contribution in [0.2, 0.25) is 5.02 Å². The van der Waals surface area contributed by atoms with Gasteiger partial charge in [0.25, 0.3) is 11.1 Å². The van der Waals surface area contributed by atoms with Crippen molar-refractivity contribution in [1.29, 1.82) is 0 Å². The van der Waals surface area contributed by atoms with Crippen LogP contribution in [0.25, 0.3) is 17.4 Å². The van der Waals surface area contributed by atoms with Crippen molar-refractivity contribution in [2.45, 2.75) is 13.5 Å². The molecule has 3 aromatic rings. The third kappa shape index (κ3) is 3.91. The summed E-state index contributed by atoms with van der Waals surface area (Å²) in [5, 5.41) is 0.375. The predicted octanol–water partition coefficient (Wildman–Crippen LogP) is 6.14. The summed E-state index contributed by atoms with van der Waals surface area (Å²) in [6.07, 6.45) is 1.61. The van der Waals surface area contributed by atoms with E-state index in [0.29, 0.717) is 21.4 Å². The number of furan rings is 1. The highest BCUT2D eigenvalue weighted by molar-refractivity contribution is 8.18. The van der Waals surface area contributed by atoms with Gasteiger partial charge in [-0.05, 0) is 60.6 Å². The predicted molar refractivity (Wildman–Crippen MR) is 112 cm³/mol. The monoisotopic (exact) mass is 409 g/mol. The fourth-order valence-corrected chi connectivity index (χ4v) is 3.90. The Morgan fingerprint density at radius 2 is 1.86 bits per heavy atom. The Morgan fingerprint density at radius 1 is 1.07 bits per heavy atom. The zero-order valence-corrected chi connectivity index (χ0v) is 16.6. The highest BCUT2D eigenvalue weighted by Crippen LogP contribution is 2.34. The molecule has 2 aromatic carbocycles. The summed E-state index contributed by atoms with van der Waals surface area (Å²) in [6, 6.07) is 18.7. The number of rotatable bonds is 4. The van der Waals surface area contributed by atoms with Gasteiger partial charge in [-0.15, -0.1) is 0 Å². The van der Waals surface area contributed by atoms with E-state index in [0.717, 1.165) is 28.5 Å². The number of carbonyl (C=O) groups excluding carboxylic acids is 2. The molecule has 1 fully saturated rings. The van der Waals surface area contributed by atoms with Crippen LogP contribution in [-0.4, -0.2) is 16.0 Å². The van der Waals surface area contributed by atoms with Crippen LogP contribution < -0.4 is 0 Å². The number of thioether (sulfide) groups is 1. The molecule has 1 saturated heterocycles. The van der Waals surface area contributed by atoms with Gasteiger partial charge in [0.2, 0.25) is 0 Å². The van der Waals surface area contributed by atoms with E-state index >= 15 is 0 Å². The molecule has 1 aliphatic heterocycles. The SMILES string of the molecule is Cc1cccc(CN2C(=O)S/C(=C/c3ccc(-c4ccc(Cl)cc4)o3)C2=O)c1. The minimum atomic E-state index is -0.305. The smallest absolute Gasteiger partial charge is 0.293 e. The maximum Gasteiger partial charge on any atom is 0.293 e. The maximum absolute atomic E-state index is 12.7. The number of halogens is 1. The van der Waals surface area contributed by atoms with Crippen LogP contribution in [-0.2, 0) is 11.3 Å². The standard InChI is InChI=1S/C22H16ClNO3S/c1-14-3-2-4-15(11-14)13-24-21(25)20(28-22(24)26)12-18-9-10-19(27-18)16-5-7-17(23)8-6-16/h2-12H,13H2,1H3/b20-12+. The first-order chi connectivity index (χ1) is 13.5. The van der Waals surface area contributed by atoms with Gasteiger partial charge in [0.1, 0.15) is 11.5 Å². The molecule has 28 heavy (non-hydrogen) atoms. The lowest BCUT2D eigenvalue weighted by Gasteiger charge is -2.12. The first kappa shape index (κ1) is 18.6. The minimum absolute atomic E-state index is 0.262. The molecular weight excluding hydrogens is 394 g/mol. The highest BCUT2D eigenvalue weighted by atomic mass is 35.5. The molecule has 0 radical (unpaired) electrons. The number of amides is 2. The molecule has 0 spiro atoms. The molecule has 4 nitrogen and oxygen atoms in total. The molecular formula is C22H16ClNO3S. The van der Waals surface area contributed by atoms with Crippen LogP contribution in [0.1, 0.15) is 16.9 Å². The number of carbonyl (C=O) groups is 2. The van der Waals surface area contributed by atoms with Crippen molar-refractivity contribution >= 4 is 40.6 Å². The van der Waals surface area contributed by atoms with Crippen LogP contribution in [0.15, 0.2) is 70.0 Å². The number of hydrogen-bond donors (Lipinski definition) is 0. The van der Waals surface area contributed by atoms with Crippen LogP contribution >= 0.6 is 23.4 Å². The second kappa shape index (κ2) is 7.70. The Labute approximate surface area is 171 Å². The van der Waals surface area contributed by atoms with Gasteiger partial charge in [0.15, 0.2) is 0 Å². The van der Waals surface area contributed by atoms with Gasteiger partial charge in [-0.2, -0.15) is 0 Å². The van der Waals surface area contributed by atoms with Crippen molar-refractivity contribution in [2.24, 2.45) is 0 Å². The quantitative estimate of drug-likeness (QED) is 0.485. The molecule has 0 bridgehead atoms. The van der Waals surface area contributed by atoms with E-state index < -0.39 is 0 Å². The second-order valence-electron chi connectivity index (χ2n) is 6.47. The number of benzene rings is 2. The Balaban J connectivity index is 1.53. The van der Waals surface area contributed by atoms with Gasteiger partial charge < -0.3 is 4.42 Å². The Morgan fingerprint density at radius 3 is 2.61 bits per heavy atom. The number of hydrogen-bond acceptors (Lipinski definition) is 4. The molecule has 0 atom stereocenters. The normalized spacial score (nSPS) is 15.6. The summed E-state index contributed by atoms with van der Waals surface area (Å²) in [4.78, 5) is 26.6. The molecule has 140 valence electrons. The van der Waals surface area contributed by atoms with Crippen molar-refractivity contribution in [1.82, 2.24) is 4.90 Å². The van der Waals surface area contributed by atoms with E-state index in [4.69, 9.17) is 16.0 Å². The van der Waals surface area contributed by atoms with E-state index in [-0.39, 0.29) is 17.7 Å². The summed E-state index contributed by atoms with van der Waals surface area (Å²) in [6.45, 7) is 2.24. The highest BCUT2D eigenvalue weighted by Gasteiger charge is 2.35. The van der Waals surface area contributed by atoms with E-state index in [1.165, 1.54) is 4.90 Å². The Bertz CT molecular complexity index is 1090. The third-order valence-corrected chi connectivity index (χ3v) is 5.49. The average Bonchev–Trinajstić information content (AvgIpc) is 3.23. The van der Waals surface area contributed by atoms with Gasteiger partial charge in [-0.25, -0.2) is 0 Å². The molecule has 1 aromatic heterocycles. The van der Waals surface area contributed by atoms with Crippen molar-refractivity contribution < 1.29 is 14.0 Å². The van der Waals surface area contributed by atoms with Crippen molar-refractivity contribution in [3.63, 3.8) is 0 Å². The van der Waals surface area contributed by atoms with Gasteiger partial charge >= 0.3 is 0 Å². The van der Waals surface area contributed by atoms with Crippen LogP contribution in [0, 0.1) is 6.92 Å². The molecule has 2 amide bonds. The molecule has 0 N–H and O–H groups in total. The van der Waals surface area contributed by atoms with Crippen molar-refractivity contribution in [3.8, 4) is 11.3 Å². The second-order valence-corrected chi connectivity index (χ2v) is 7.90. The van der Waals surface area contributed by atoms with E-state index in [1.54, 1.807) is 24.3 Å². The number of nitrogens with zero attached hydrogens (tertiary/aromatic N) is 1. The summed E-state index contributed by atoms with van der Waals surface area (Å²) >= 11 is 6.84. The van der Waals surface area contributed by atoms with Crippen LogP contribution in [0.4, 0.5) is 4.79 Å². The minimum Gasteiger partial charge on any atom is -0.457 e. The summed E-state index contributed by atoms with van der Waals surface area (Å²) in [7, 11) is 0. The lowest BCUT2D eigenvalue weighted by Crippen LogP contribution is -2.27. The van der Waals surface area contributed by atoms with Crippen molar-refractivity contribution in [3.05, 3.63) is 87.5 Å². The Hall–Kier alpha value is -2.76. The van der Waals surface area contributed by atoms with E-state index in [9.17, 15) is 9.59 Å². The molecule has 0 unspecified atom stereocenters. The number of imide groups is 1. The maximum atomic E-state index is 12.7. The topological polar surface area (TPSA) is 50.5 Å². The zero-order chi connectivity index (χ0) is 19.7. The summed E-state index contributed by atoms with van der Waals surface area (Å²) in [5.74, 6) is 0.883. The molecule has 0 aliphatic carbocycles. The Kier molecular flexibility index (Phi) is 5.11. The summed E-state index contributed by atoms with van der Waals surface area (Å²) < 4.78 is 5.81. The fraction of sp³-hybridized carbons (Fsp3) is 0.0909. The zero-order valence-electron chi connectivity index (χ0n) is 15.0. The third-order valence-electron chi connectivity index (χ3n) is 4.33. The lowest BCUT2D eigenvalue weighted by molar-refractivity contribution is -0.123. The molecule has 0 saturated carbocycles. The average molecular weight is 410 g/mol. The van der Waals surface area contributed by atoms with Gasteiger partial charge in [-0.1, -0.05) is 41.4 Å². The number of aryl methyl sites for hydroxylation is 1. The van der Waals surface area contributed by atoms with Crippen molar-refractivity contribution in [2.75, 3.05) is 0 Å². The van der Waals surface area contributed by atoms with Crippen LogP contribution in [0.3, 0.4) is 0 Å². The van der Waals surface area contributed by atoms with Gasteiger partial charge in [0.05, 0.1) is 11.4 Å². The van der Waals surface area contributed by atoms with Gasteiger partial charge in [0, 0.05) is 16.7 Å². The first-order valence-corrected chi connectivity index (χ1v) is 9.86. The van der Waals surface area contributed by atoms with E-state index in [1.807, 2.05) is 49.4 Å². The first-order valence-electron chi connectivity index (χ1n) is 8.66. The fourth-order valence-electron chi connectivity index (χ4n) is 2.96. The molecule has 1 aliphatic rings. The molecule has 6 heteroatoms. The molecule has 2 heterocycles. The van der Waals surface area contributed by atoms with E-state index in [2.05, 4.69) is 0 Å². The summed E-state index contributed by atoms with van der Waals surface area (Å²) in [5.41, 5.74) is 2.90. The molecule has 4 rings (SSSR count). The largest absolute Gasteiger partial charge is 0.457 e. The van der Waals surface area contributed by atoms with Gasteiger partial charge in [-0.3, -0.25) is 14.5 Å². The lowest BCUT2D eigenvalue weighted by atomic mass is 10.1.